The molecule has 4 heteroatoms. The molecule has 1 saturated carbocycles. The maximum atomic E-state index is 12.0. The summed E-state index contributed by atoms with van der Waals surface area (Å²) in [5, 5.41) is 0. The number of ether oxygens (including phenoxy) is 1. The third kappa shape index (κ3) is 4.72. The summed E-state index contributed by atoms with van der Waals surface area (Å²) < 4.78 is 5.60. The van der Waals surface area contributed by atoms with Crippen molar-refractivity contribution >= 4 is 5.97 Å². The van der Waals surface area contributed by atoms with Gasteiger partial charge in [-0.3, -0.25) is 4.98 Å². The Labute approximate surface area is 129 Å². The third-order valence-corrected chi connectivity index (χ3v) is 3.52. The molecule has 0 radical (unpaired) electrons. The molecule has 0 aromatic carbocycles. The van der Waals surface area contributed by atoms with Gasteiger partial charge in [-0.25, -0.2) is 4.79 Å². The molecule has 2 rings (SSSR count). The van der Waals surface area contributed by atoms with Crippen molar-refractivity contribution in [2.24, 2.45) is 11.3 Å². The Hall–Kier alpha value is -0.692. The van der Waals surface area contributed by atoms with E-state index < -0.39 is 0 Å². The van der Waals surface area contributed by atoms with Crippen molar-refractivity contribution in [2.45, 2.75) is 46.1 Å². The molecule has 1 aromatic rings. The van der Waals surface area contributed by atoms with E-state index in [-0.39, 0.29) is 38.6 Å². The van der Waals surface area contributed by atoms with Crippen molar-refractivity contribution in [1.82, 2.24) is 4.98 Å². The Balaban J connectivity index is 0.00000180. The Bertz CT molecular complexity index is 419. The molecule has 0 unspecified atom stereocenters. The zero-order valence-corrected chi connectivity index (χ0v) is 13.9. The summed E-state index contributed by atoms with van der Waals surface area (Å²) in [6, 6.07) is 3.50. The van der Waals surface area contributed by atoms with Gasteiger partial charge in [0.2, 0.25) is 0 Å². The van der Waals surface area contributed by atoms with Gasteiger partial charge >= 0.3 is 5.97 Å². The number of pyridine rings is 1. The first-order valence-electron chi connectivity index (χ1n) is 6.57. The van der Waals surface area contributed by atoms with Crippen molar-refractivity contribution in [3.05, 3.63) is 30.1 Å². The zero-order valence-electron chi connectivity index (χ0n) is 11.7. The van der Waals surface area contributed by atoms with E-state index in [2.05, 4.69) is 25.8 Å². The molecule has 0 amide bonds. The van der Waals surface area contributed by atoms with Crippen LogP contribution in [0.5, 0.6) is 0 Å². The van der Waals surface area contributed by atoms with Crippen molar-refractivity contribution < 1.29 is 30.6 Å². The molecule has 0 N–H and O–H groups in total. The summed E-state index contributed by atoms with van der Waals surface area (Å²) >= 11 is 0. The fourth-order valence-electron chi connectivity index (χ4n) is 3.05. The summed E-state index contributed by atoms with van der Waals surface area (Å²) in [6.07, 6.45) is 6.37. The van der Waals surface area contributed by atoms with Crippen molar-refractivity contribution in [1.29, 1.82) is 0 Å². The second-order valence-corrected chi connectivity index (χ2v) is 6.18. The first-order valence-corrected chi connectivity index (χ1v) is 6.57. The molecule has 0 aliphatic heterocycles. The standard InChI is InChI=1S/C15H21NO2.Pt/c1-11-7-13(9-15(2,3)8-11)18-14(17)12-5-4-6-16-10-12;/h4-6,10-11,13H,7-9H2,1-3H3;/t11-,13-;/m1./s1. The molecule has 1 aliphatic rings. The minimum atomic E-state index is -0.252. The largest absolute Gasteiger partial charge is 0.459 e. The molecule has 2 atom stereocenters. The molecule has 1 fully saturated rings. The molecular weight excluding hydrogens is 421 g/mol. The fraction of sp³-hybridized carbons (Fsp3) is 0.600. The van der Waals surface area contributed by atoms with Crippen LogP contribution in [-0.2, 0) is 25.8 Å². The molecule has 0 bridgehead atoms. The second-order valence-electron chi connectivity index (χ2n) is 6.18. The maximum Gasteiger partial charge on any atom is 0.339 e. The first-order chi connectivity index (χ1) is 8.46. The van der Waals surface area contributed by atoms with Gasteiger partial charge in [0.05, 0.1) is 5.56 Å². The molecule has 1 aromatic heterocycles. The second kappa shape index (κ2) is 6.65. The molecule has 108 valence electrons. The van der Waals surface area contributed by atoms with Crippen LogP contribution in [-0.4, -0.2) is 17.1 Å². The Morgan fingerprint density at radius 3 is 2.74 bits per heavy atom. The number of carbonyl (C=O) groups excluding carboxylic acids is 1. The zero-order chi connectivity index (χ0) is 13.2. The average molecular weight is 442 g/mol. The van der Waals surface area contributed by atoms with Gasteiger partial charge in [0, 0.05) is 33.5 Å². The van der Waals surface area contributed by atoms with Crippen LogP contribution in [0.15, 0.2) is 24.5 Å². The third-order valence-electron chi connectivity index (χ3n) is 3.52. The van der Waals surface area contributed by atoms with Crippen LogP contribution >= 0.6 is 0 Å². The van der Waals surface area contributed by atoms with Gasteiger partial charge in [-0.05, 0) is 42.7 Å². The van der Waals surface area contributed by atoms with Gasteiger partial charge in [0.15, 0.2) is 0 Å². The summed E-state index contributed by atoms with van der Waals surface area (Å²) in [5.74, 6) is 0.360. The maximum absolute atomic E-state index is 12.0. The Morgan fingerprint density at radius 2 is 2.16 bits per heavy atom. The number of hydrogen-bond donors (Lipinski definition) is 0. The van der Waals surface area contributed by atoms with Gasteiger partial charge < -0.3 is 4.74 Å². The van der Waals surface area contributed by atoms with E-state index in [9.17, 15) is 4.79 Å². The van der Waals surface area contributed by atoms with Crippen molar-refractivity contribution in [3.63, 3.8) is 0 Å². The van der Waals surface area contributed by atoms with Crippen LogP contribution in [0.4, 0.5) is 0 Å². The van der Waals surface area contributed by atoms with E-state index in [0.29, 0.717) is 11.5 Å². The van der Waals surface area contributed by atoms with E-state index in [1.54, 1.807) is 24.5 Å². The minimum absolute atomic E-state index is 0. The smallest absolute Gasteiger partial charge is 0.339 e. The molecule has 19 heavy (non-hydrogen) atoms. The predicted molar refractivity (Wildman–Crippen MR) is 70.2 cm³/mol. The van der Waals surface area contributed by atoms with E-state index in [4.69, 9.17) is 4.74 Å². The summed E-state index contributed by atoms with van der Waals surface area (Å²) in [7, 11) is 0. The summed E-state index contributed by atoms with van der Waals surface area (Å²) in [5.41, 5.74) is 0.797. The van der Waals surface area contributed by atoms with Gasteiger partial charge in [0.1, 0.15) is 6.10 Å². The summed E-state index contributed by atoms with van der Waals surface area (Å²) in [6.45, 7) is 6.72. The number of carbonyl (C=O) groups is 1. The van der Waals surface area contributed by atoms with Crippen LogP contribution in [0.25, 0.3) is 0 Å². The Morgan fingerprint density at radius 1 is 1.42 bits per heavy atom. The Kier molecular flexibility index (Phi) is 5.73. The van der Waals surface area contributed by atoms with Gasteiger partial charge in [0.25, 0.3) is 0 Å². The van der Waals surface area contributed by atoms with Crippen molar-refractivity contribution in [3.8, 4) is 0 Å². The molecule has 1 heterocycles. The van der Waals surface area contributed by atoms with E-state index in [1.165, 1.54) is 6.42 Å². The number of nitrogens with zero attached hydrogens (tertiary/aromatic N) is 1. The molecule has 0 spiro atoms. The SMILES string of the molecule is C[C@@H]1C[C@@H](OC(=O)c2cccnc2)CC(C)(C)C1.[Pt]. The van der Waals surface area contributed by atoms with Crippen molar-refractivity contribution in [2.75, 3.05) is 0 Å². The number of esters is 1. The molecule has 0 saturated heterocycles. The van der Waals surface area contributed by atoms with Crippen LogP contribution < -0.4 is 0 Å². The first kappa shape index (κ1) is 16.4. The topological polar surface area (TPSA) is 39.2 Å². The number of aromatic nitrogens is 1. The van der Waals surface area contributed by atoms with Crippen LogP contribution in [0.3, 0.4) is 0 Å². The van der Waals surface area contributed by atoms with Crippen LogP contribution in [0, 0.1) is 11.3 Å². The normalized spacial score (nSPS) is 25.2. The average Bonchev–Trinajstić information content (AvgIpc) is 2.27. The quantitative estimate of drug-likeness (QED) is 0.659. The predicted octanol–water partition coefficient (Wildman–Crippen LogP) is 3.45. The van der Waals surface area contributed by atoms with Crippen LogP contribution in [0.1, 0.15) is 50.4 Å². The van der Waals surface area contributed by atoms with E-state index >= 15 is 0 Å². The number of hydrogen-bond acceptors (Lipinski definition) is 3. The summed E-state index contributed by atoms with van der Waals surface area (Å²) in [4.78, 5) is 15.9. The monoisotopic (exact) mass is 442 g/mol. The van der Waals surface area contributed by atoms with E-state index in [0.717, 1.165) is 12.8 Å². The van der Waals surface area contributed by atoms with Gasteiger partial charge in [-0.1, -0.05) is 20.8 Å². The van der Waals surface area contributed by atoms with Gasteiger partial charge in [-0.2, -0.15) is 0 Å². The van der Waals surface area contributed by atoms with Gasteiger partial charge in [-0.15, -0.1) is 0 Å². The molecule has 3 nitrogen and oxygen atoms in total. The molecular formula is C15H21NO2Pt. The number of rotatable bonds is 2. The minimum Gasteiger partial charge on any atom is -0.459 e. The molecule has 1 aliphatic carbocycles. The van der Waals surface area contributed by atoms with E-state index in [1.807, 2.05) is 0 Å². The van der Waals surface area contributed by atoms with Crippen LogP contribution in [0.2, 0.25) is 0 Å². The fourth-order valence-corrected chi connectivity index (χ4v) is 3.05.